The lowest BCUT2D eigenvalue weighted by molar-refractivity contribution is -0.134. The number of rotatable bonds is 8. The number of hydrogen-bond acceptors (Lipinski definition) is 3. The van der Waals surface area contributed by atoms with Crippen LogP contribution in [-0.2, 0) is 9.59 Å². The van der Waals surface area contributed by atoms with Crippen molar-refractivity contribution < 1.29 is 14.3 Å². The maximum absolute atomic E-state index is 12.4. The lowest BCUT2D eigenvalue weighted by Gasteiger charge is -2.32. The normalized spacial score (nSPS) is 17.0. The lowest BCUT2D eigenvalue weighted by Crippen LogP contribution is -2.19. The van der Waals surface area contributed by atoms with Crippen molar-refractivity contribution >= 4 is 17.6 Å². The van der Waals surface area contributed by atoms with E-state index in [1.54, 1.807) is 31.2 Å². The highest BCUT2D eigenvalue weighted by Crippen LogP contribution is 2.40. The van der Waals surface area contributed by atoms with Gasteiger partial charge in [0.1, 0.15) is 0 Å². The minimum atomic E-state index is -0.346. The summed E-state index contributed by atoms with van der Waals surface area (Å²) in [4.78, 5) is 24.0. The molecule has 1 aromatic carbocycles. The zero-order valence-electron chi connectivity index (χ0n) is 20.8. The molecule has 0 bridgehead atoms. The van der Waals surface area contributed by atoms with E-state index < -0.39 is 0 Å². The van der Waals surface area contributed by atoms with Gasteiger partial charge in [-0.2, -0.15) is 0 Å². The molecule has 0 radical (unpaired) electrons. The summed E-state index contributed by atoms with van der Waals surface area (Å²) in [7, 11) is 0. The Bertz CT molecular complexity index is 1020. The molecule has 4 nitrogen and oxygen atoms in total. The average molecular weight is 448 g/mol. The number of esters is 1. The second-order valence-electron chi connectivity index (χ2n) is 9.24. The van der Waals surface area contributed by atoms with E-state index in [-0.39, 0.29) is 23.7 Å². The van der Waals surface area contributed by atoms with Gasteiger partial charge in [0.25, 0.3) is 0 Å². The molecule has 1 amide bonds. The summed E-state index contributed by atoms with van der Waals surface area (Å²) < 4.78 is 5.27. The topological polar surface area (TPSA) is 55.4 Å². The fourth-order valence-electron chi connectivity index (χ4n) is 3.91. The number of para-hydroxylation sites is 2. The van der Waals surface area contributed by atoms with E-state index in [9.17, 15) is 9.59 Å². The van der Waals surface area contributed by atoms with Crippen LogP contribution in [0.4, 0.5) is 5.69 Å². The second-order valence-corrected chi connectivity index (χ2v) is 9.24. The first kappa shape index (κ1) is 26.1. The van der Waals surface area contributed by atoms with Gasteiger partial charge in [0.05, 0.1) is 5.69 Å². The van der Waals surface area contributed by atoms with Gasteiger partial charge in [0.2, 0.25) is 5.91 Å². The molecule has 0 aromatic heterocycles. The predicted molar refractivity (Wildman–Crippen MR) is 137 cm³/mol. The zero-order chi connectivity index (χ0) is 24.4. The summed E-state index contributed by atoms with van der Waals surface area (Å²) in [6.45, 7) is 12.6. The van der Waals surface area contributed by atoms with Gasteiger partial charge in [0.15, 0.2) is 5.75 Å². The Morgan fingerprint density at radius 3 is 2.55 bits per heavy atom. The Hall–Kier alpha value is -3.14. The van der Waals surface area contributed by atoms with Crippen LogP contribution in [0.2, 0.25) is 0 Å². The van der Waals surface area contributed by atoms with E-state index in [0.717, 1.165) is 11.1 Å². The largest absolute Gasteiger partial charge is 0.424 e. The number of nitrogens with one attached hydrogen (secondary N) is 1. The molecule has 0 unspecified atom stereocenters. The van der Waals surface area contributed by atoms with Crippen LogP contribution in [0.5, 0.6) is 5.75 Å². The highest BCUT2D eigenvalue weighted by atomic mass is 16.5. The first-order valence-electron chi connectivity index (χ1n) is 11.6. The van der Waals surface area contributed by atoms with Crippen LogP contribution in [-0.4, -0.2) is 11.9 Å². The number of benzene rings is 1. The molecular weight excluding hydrogens is 410 g/mol. The minimum absolute atomic E-state index is 0.231. The third kappa shape index (κ3) is 8.38. The Labute approximate surface area is 198 Å². The number of hydrogen-bond donors (Lipinski definition) is 1. The smallest absolute Gasteiger partial charge is 0.310 e. The number of anilines is 1. The van der Waals surface area contributed by atoms with Crippen LogP contribution in [0.3, 0.4) is 0 Å². The summed E-state index contributed by atoms with van der Waals surface area (Å²) in [6.07, 6.45) is 15.8. The van der Waals surface area contributed by atoms with Gasteiger partial charge in [-0.05, 0) is 68.7 Å². The molecule has 1 N–H and O–H groups in total. The van der Waals surface area contributed by atoms with Gasteiger partial charge < -0.3 is 10.1 Å². The fourth-order valence-corrected chi connectivity index (χ4v) is 3.91. The molecular formula is C29H37NO3. The molecule has 1 aliphatic rings. The summed E-state index contributed by atoms with van der Waals surface area (Å²) in [5.74, 6) is -0.281. The molecule has 0 saturated carbocycles. The third-order valence-electron chi connectivity index (χ3n) is 5.79. The standard InChI is InChI=1S/C29H37NO3/c1-7-28(32)33-26-16-9-8-15-25(26)30-27(31)20-22(3)13-10-12-21(2)17-18-24-23(4)14-11-19-29(24,5)6/h8-10,12-13,15-18,20H,7,11,14,19H2,1-6H3,(H,30,31). The van der Waals surface area contributed by atoms with Crippen LogP contribution < -0.4 is 10.1 Å². The maximum atomic E-state index is 12.4. The van der Waals surface area contributed by atoms with Crippen LogP contribution >= 0.6 is 0 Å². The first-order chi connectivity index (χ1) is 15.6. The SMILES string of the molecule is CCC(=O)Oc1ccccc1NC(=O)C=C(C)C=CC=C(C)C=CC1=C(C)CCCC1(C)C. The highest BCUT2D eigenvalue weighted by Gasteiger charge is 2.26. The third-order valence-corrected chi connectivity index (χ3v) is 5.79. The van der Waals surface area contributed by atoms with Crippen molar-refractivity contribution in [2.24, 2.45) is 5.41 Å². The Morgan fingerprint density at radius 2 is 1.85 bits per heavy atom. The van der Waals surface area contributed by atoms with Gasteiger partial charge in [-0.15, -0.1) is 0 Å². The average Bonchev–Trinajstić information content (AvgIpc) is 2.74. The molecule has 0 saturated heterocycles. The molecule has 0 heterocycles. The Morgan fingerprint density at radius 1 is 1.12 bits per heavy atom. The molecule has 0 aliphatic heterocycles. The lowest BCUT2D eigenvalue weighted by atomic mass is 9.72. The Kier molecular flexibility index (Phi) is 9.65. The van der Waals surface area contributed by atoms with Crippen LogP contribution in [0.15, 0.2) is 83.0 Å². The van der Waals surface area contributed by atoms with Crippen LogP contribution in [0.1, 0.15) is 67.2 Å². The van der Waals surface area contributed by atoms with E-state index in [1.807, 2.05) is 25.2 Å². The van der Waals surface area contributed by atoms with E-state index >= 15 is 0 Å². The van der Waals surface area contributed by atoms with Crippen molar-refractivity contribution in [1.29, 1.82) is 0 Å². The van der Waals surface area contributed by atoms with Crippen molar-refractivity contribution in [2.45, 2.75) is 67.2 Å². The van der Waals surface area contributed by atoms with Gasteiger partial charge in [-0.25, -0.2) is 0 Å². The number of allylic oxidation sites excluding steroid dienone is 9. The Balaban J connectivity index is 2.00. The molecule has 2 rings (SSSR count). The quantitative estimate of drug-likeness (QED) is 0.195. The number of carbonyl (C=O) groups is 2. The fraction of sp³-hybridized carbons (Fsp3) is 0.379. The molecule has 0 fully saturated rings. The van der Waals surface area contributed by atoms with Crippen molar-refractivity contribution in [3.63, 3.8) is 0 Å². The van der Waals surface area contributed by atoms with Gasteiger partial charge >= 0.3 is 5.97 Å². The van der Waals surface area contributed by atoms with Crippen LogP contribution in [0.25, 0.3) is 0 Å². The van der Waals surface area contributed by atoms with Crippen molar-refractivity contribution in [1.82, 2.24) is 0 Å². The maximum Gasteiger partial charge on any atom is 0.310 e. The monoisotopic (exact) mass is 447 g/mol. The minimum Gasteiger partial charge on any atom is -0.424 e. The molecule has 4 heteroatoms. The van der Waals surface area contributed by atoms with Gasteiger partial charge in [-0.3, -0.25) is 9.59 Å². The molecule has 0 atom stereocenters. The summed E-state index contributed by atoms with van der Waals surface area (Å²) in [6, 6.07) is 6.90. The van der Waals surface area contributed by atoms with E-state index in [0.29, 0.717) is 11.4 Å². The van der Waals surface area contributed by atoms with Gasteiger partial charge in [0, 0.05) is 12.5 Å². The van der Waals surface area contributed by atoms with E-state index in [2.05, 4.69) is 45.2 Å². The second kappa shape index (κ2) is 12.2. The van der Waals surface area contributed by atoms with Crippen molar-refractivity contribution in [3.8, 4) is 5.75 Å². The molecule has 0 spiro atoms. The molecule has 176 valence electrons. The summed E-state index contributed by atoms with van der Waals surface area (Å²) in [5.41, 5.74) is 5.60. The van der Waals surface area contributed by atoms with Gasteiger partial charge in [-0.1, -0.05) is 74.4 Å². The molecule has 1 aromatic rings. The number of ether oxygens (including phenoxy) is 1. The van der Waals surface area contributed by atoms with E-state index in [1.165, 1.54) is 36.5 Å². The highest BCUT2D eigenvalue weighted by molar-refractivity contribution is 6.01. The summed E-state index contributed by atoms with van der Waals surface area (Å²) in [5, 5.41) is 2.78. The van der Waals surface area contributed by atoms with Crippen molar-refractivity contribution in [2.75, 3.05) is 5.32 Å². The summed E-state index contributed by atoms with van der Waals surface area (Å²) >= 11 is 0. The molecule has 33 heavy (non-hydrogen) atoms. The molecule has 1 aliphatic carbocycles. The predicted octanol–water partition coefficient (Wildman–Crippen LogP) is 7.47. The zero-order valence-corrected chi connectivity index (χ0v) is 20.8. The van der Waals surface area contributed by atoms with Crippen molar-refractivity contribution in [3.05, 3.63) is 83.0 Å². The van der Waals surface area contributed by atoms with Crippen LogP contribution in [0, 0.1) is 5.41 Å². The number of carbonyl (C=O) groups excluding carboxylic acids is 2. The first-order valence-corrected chi connectivity index (χ1v) is 11.6. The number of amides is 1. The van der Waals surface area contributed by atoms with E-state index in [4.69, 9.17) is 4.74 Å².